The SMILES string of the molecule is Cc1cc2[nH]nc(/C=C/c3cccc(CN4CCN(c5cccc(C(C)(F)F)c5)CC4)c3)c2cc1N(N)C(=O)Cc1cccs1. The molecule has 2 aromatic heterocycles. The van der Waals surface area contributed by atoms with Crippen molar-refractivity contribution in [3.05, 3.63) is 111 Å². The van der Waals surface area contributed by atoms with Crippen LogP contribution < -0.4 is 15.8 Å². The molecule has 3 N–H and O–H groups in total. The maximum absolute atomic E-state index is 13.8. The average Bonchev–Trinajstić information content (AvgIpc) is 3.69. The van der Waals surface area contributed by atoms with Gasteiger partial charge in [-0.15, -0.1) is 11.3 Å². The lowest BCUT2D eigenvalue weighted by Crippen LogP contribution is -2.46. The summed E-state index contributed by atoms with van der Waals surface area (Å²) in [5.41, 5.74) is 6.32. The van der Waals surface area contributed by atoms with Gasteiger partial charge in [-0.1, -0.05) is 48.5 Å². The number of halogens is 2. The average molecular weight is 627 g/mol. The van der Waals surface area contributed by atoms with Crippen molar-refractivity contribution in [2.75, 3.05) is 36.1 Å². The minimum absolute atomic E-state index is 0.0481. The molecule has 7 nitrogen and oxygen atoms in total. The van der Waals surface area contributed by atoms with Crippen LogP contribution in [-0.4, -0.2) is 47.2 Å². The number of carbonyl (C=O) groups is 1. The summed E-state index contributed by atoms with van der Waals surface area (Å²) < 4.78 is 27.7. The quantitative estimate of drug-likeness (QED) is 0.105. The van der Waals surface area contributed by atoms with Gasteiger partial charge in [-0.2, -0.15) is 5.10 Å². The lowest BCUT2D eigenvalue weighted by molar-refractivity contribution is -0.118. The highest BCUT2D eigenvalue weighted by Gasteiger charge is 2.26. The minimum atomic E-state index is -2.85. The van der Waals surface area contributed by atoms with Crippen molar-refractivity contribution in [2.45, 2.75) is 32.7 Å². The van der Waals surface area contributed by atoms with Crippen LogP contribution in [0.1, 0.15) is 39.7 Å². The Morgan fingerprint density at radius 2 is 1.84 bits per heavy atom. The number of rotatable bonds is 9. The number of carbonyl (C=O) groups excluding carboxylic acids is 1. The van der Waals surface area contributed by atoms with Crippen molar-refractivity contribution in [1.29, 1.82) is 0 Å². The van der Waals surface area contributed by atoms with E-state index in [1.54, 1.807) is 12.1 Å². The van der Waals surface area contributed by atoms with Gasteiger partial charge in [0, 0.05) is 61.2 Å². The van der Waals surface area contributed by atoms with Crippen LogP contribution in [0.4, 0.5) is 20.2 Å². The molecular weight excluding hydrogens is 590 g/mol. The number of H-pyrrole nitrogens is 1. The fourth-order valence-electron chi connectivity index (χ4n) is 5.72. The number of hydrazine groups is 1. The van der Waals surface area contributed by atoms with Crippen LogP contribution in [0.15, 0.2) is 78.2 Å². The van der Waals surface area contributed by atoms with Gasteiger partial charge < -0.3 is 4.90 Å². The number of aryl methyl sites for hydroxylation is 1. The van der Waals surface area contributed by atoms with Gasteiger partial charge in [0.1, 0.15) is 0 Å². The number of aromatic nitrogens is 2. The number of nitrogens with two attached hydrogens (primary N) is 1. The third-order valence-corrected chi connectivity index (χ3v) is 9.10. The number of hydrogen-bond donors (Lipinski definition) is 2. The Morgan fingerprint density at radius 1 is 1.04 bits per heavy atom. The molecule has 1 amide bonds. The summed E-state index contributed by atoms with van der Waals surface area (Å²) in [6.07, 6.45) is 4.26. The first-order chi connectivity index (χ1) is 21.6. The maximum Gasteiger partial charge on any atom is 0.270 e. The number of thiophene rings is 1. The summed E-state index contributed by atoms with van der Waals surface area (Å²) in [5.74, 6) is 3.27. The molecule has 1 aliphatic heterocycles. The van der Waals surface area contributed by atoms with Crippen LogP contribution in [0.3, 0.4) is 0 Å². The minimum Gasteiger partial charge on any atom is -0.369 e. The van der Waals surface area contributed by atoms with Crippen molar-refractivity contribution in [3.63, 3.8) is 0 Å². The first-order valence-corrected chi connectivity index (χ1v) is 15.8. The van der Waals surface area contributed by atoms with E-state index in [0.29, 0.717) is 5.69 Å². The molecule has 45 heavy (non-hydrogen) atoms. The second kappa shape index (κ2) is 12.9. The number of alkyl halides is 2. The number of anilines is 2. The van der Waals surface area contributed by atoms with Gasteiger partial charge >= 0.3 is 0 Å². The predicted molar refractivity (Wildman–Crippen MR) is 179 cm³/mol. The summed E-state index contributed by atoms with van der Waals surface area (Å²) >= 11 is 1.54. The second-order valence-corrected chi connectivity index (χ2v) is 12.6. The highest BCUT2D eigenvalue weighted by Crippen LogP contribution is 2.31. The Morgan fingerprint density at radius 3 is 2.60 bits per heavy atom. The third kappa shape index (κ3) is 7.14. The molecule has 1 fully saturated rings. The van der Waals surface area contributed by atoms with Crippen LogP contribution in [0.5, 0.6) is 0 Å². The zero-order valence-electron chi connectivity index (χ0n) is 25.3. The number of benzene rings is 3. The van der Waals surface area contributed by atoms with Gasteiger partial charge in [-0.05, 0) is 65.4 Å². The van der Waals surface area contributed by atoms with Crippen molar-refractivity contribution in [1.82, 2.24) is 15.1 Å². The van der Waals surface area contributed by atoms with Crippen LogP contribution in [0.2, 0.25) is 0 Å². The fourth-order valence-corrected chi connectivity index (χ4v) is 6.41. The molecule has 232 valence electrons. The third-order valence-electron chi connectivity index (χ3n) is 8.22. The Kier molecular flexibility index (Phi) is 8.80. The van der Waals surface area contributed by atoms with E-state index in [4.69, 9.17) is 5.84 Å². The zero-order chi connectivity index (χ0) is 31.6. The van der Waals surface area contributed by atoms with Crippen LogP contribution in [0, 0.1) is 6.92 Å². The number of nitrogens with one attached hydrogen (secondary N) is 1. The Bertz CT molecular complexity index is 1820. The van der Waals surface area contributed by atoms with E-state index in [1.165, 1.54) is 28.0 Å². The second-order valence-electron chi connectivity index (χ2n) is 11.6. The molecule has 0 radical (unpaired) electrons. The molecule has 1 aliphatic rings. The number of aromatic amines is 1. The smallest absolute Gasteiger partial charge is 0.270 e. The van der Waals surface area contributed by atoms with Gasteiger partial charge in [-0.3, -0.25) is 14.8 Å². The Labute approximate surface area is 265 Å². The zero-order valence-corrected chi connectivity index (χ0v) is 26.2. The van der Waals surface area contributed by atoms with Crippen LogP contribution >= 0.6 is 11.3 Å². The Hall–Kier alpha value is -4.38. The lowest BCUT2D eigenvalue weighted by Gasteiger charge is -2.36. The summed E-state index contributed by atoms with van der Waals surface area (Å²) in [6.45, 7) is 6.94. The number of amides is 1. The molecule has 5 aromatic rings. The topological polar surface area (TPSA) is 81.5 Å². The molecule has 0 unspecified atom stereocenters. The Balaban J connectivity index is 1.11. The number of nitrogens with zero attached hydrogens (tertiary/aromatic N) is 4. The number of piperazine rings is 1. The van der Waals surface area contributed by atoms with E-state index in [-0.39, 0.29) is 17.9 Å². The first-order valence-electron chi connectivity index (χ1n) is 15.0. The molecule has 0 spiro atoms. The lowest BCUT2D eigenvalue weighted by atomic mass is 10.1. The number of hydrogen-bond acceptors (Lipinski definition) is 6. The molecule has 3 heterocycles. The molecule has 1 saturated heterocycles. The molecule has 0 saturated carbocycles. The first kappa shape index (κ1) is 30.6. The van der Waals surface area contributed by atoms with Gasteiger partial charge in [0.2, 0.25) is 5.91 Å². The summed E-state index contributed by atoms with van der Waals surface area (Å²) in [5, 5.41) is 11.7. The predicted octanol–water partition coefficient (Wildman–Crippen LogP) is 6.99. The van der Waals surface area contributed by atoms with Crippen molar-refractivity contribution < 1.29 is 13.6 Å². The summed E-state index contributed by atoms with van der Waals surface area (Å²) in [7, 11) is 0. The van der Waals surface area contributed by atoms with Gasteiger partial charge in [0.25, 0.3) is 5.92 Å². The maximum atomic E-state index is 13.8. The molecule has 0 atom stereocenters. The highest BCUT2D eigenvalue weighted by molar-refractivity contribution is 7.10. The van der Waals surface area contributed by atoms with Gasteiger partial charge in [0.15, 0.2) is 0 Å². The van der Waals surface area contributed by atoms with E-state index in [0.717, 1.165) is 77.9 Å². The van der Waals surface area contributed by atoms with E-state index in [1.807, 2.05) is 54.8 Å². The number of fused-ring (bicyclic) bond motifs is 1. The standard InChI is InChI=1S/C35H36F2N6OS/c1-24-18-32-30(22-33(24)43(38)34(44)21-29-10-5-17-45-29)31(39-40-32)12-11-25-6-3-7-26(19-25)23-41-13-15-42(16-14-41)28-9-4-8-27(20-28)35(2,36)37/h3-12,17-20,22H,13-16,21,23,38H2,1-2H3,(H,39,40)/b12-11+. The van der Waals surface area contributed by atoms with E-state index >= 15 is 0 Å². The van der Waals surface area contributed by atoms with Crippen molar-refractivity contribution in [2.24, 2.45) is 5.84 Å². The van der Waals surface area contributed by atoms with E-state index in [2.05, 4.69) is 44.3 Å². The van der Waals surface area contributed by atoms with E-state index in [9.17, 15) is 13.6 Å². The van der Waals surface area contributed by atoms with Crippen molar-refractivity contribution >= 4 is 51.7 Å². The van der Waals surface area contributed by atoms with Gasteiger partial charge in [-0.25, -0.2) is 19.6 Å². The fraction of sp³-hybridized carbons (Fsp3) is 0.257. The molecule has 3 aromatic carbocycles. The largest absolute Gasteiger partial charge is 0.369 e. The molecule has 0 aliphatic carbocycles. The molecule has 0 bridgehead atoms. The molecule has 6 rings (SSSR count). The normalized spacial score (nSPS) is 14.5. The van der Waals surface area contributed by atoms with Gasteiger partial charge in [0.05, 0.1) is 23.3 Å². The summed E-state index contributed by atoms with van der Waals surface area (Å²) in [6, 6.07) is 22.8. The van der Waals surface area contributed by atoms with Crippen LogP contribution in [0.25, 0.3) is 23.1 Å². The summed E-state index contributed by atoms with van der Waals surface area (Å²) in [4.78, 5) is 18.4. The van der Waals surface area contributed by atoms with Crippen LogP contribution in [-0.2, 0) is 23.7 Å². The molecular formula is C35H36F2N6OS. The monoisotopic (exact) mass is 626 g/mol. The molecule has 10 heteroatoms. The van der Waals surface area contributed by atoms with E-state index < -0.39 is 5.92 Å². The van der Waals surface area contributed by atoms with Crippen molar-refractivity contribution in [3.8, 4) is 0 Å². The highest BCUT2D eigenvalue weighted by atomic mass is 32.1.